The van der Waals surface area contributed by atoms with E-state index in [0.29, 0.717) is 6.42 Å². The van der Waals surface area contributed by atoms with Gasteiger partial charge in [-0.25, -0.2) is 0 Å². The fourth-order valence-corrected chi connectivity index (χ4v) is 0.838. The van der Waals surface area contributed by atoms with Crippen LogP contribution in [0.1, 0.15) is 6.42 Å². The average molecular weight is 131 g/mol. The summed E-state index contributed by atoms with van der Waals surface area (Å²) in [5.41, 5.74) is 4.17. The van der Waals surface area contributed by atoms with Crippen molar-refractivity contribution in [3.63, 3.8) is 0 Å². The van der Waals surface area contributed by atoms with Crippen LogP contribution < -0.4 is 5.73 Å². The second-order valence-electron chi connectivity index (χ2n) is 2.43. The van der Waals surface area contributed by atoms with Crippen LogP contribution >= 0.6 is 0 Å². The van der Waals surface area contributed by atoms with E-state index < -0.39 is 11.5 Å². The maximum absolute atomic E-state index is 10.2. The molecule has 0 heterocycles. The Morgan fingerprint density at radius 2 is 2.44 bits per heavy atom. The van der Waals surface area contributed by atoms with Gasteiger partial charge in [0.2, 0.25) is 0 Å². The monoisotopic (exact) mass is 131 g/mol. The lowest BCUT2D eigenvalue weighted by molar-refractivity contribution is -0.140. The molecular weight excluding hydrogens is 122 g/mol. The van der Waals surface area contributed by atoms with E-state index in [1.807, 2.05) is 0 Å². The standard InChI is InChI=1S/C5H9NO3/c6-5(4(8)9)1-3(5)2-7/h3,7H,1-2,6H2,(H,8,9). The van der Waals surface area contributed by atoms with E-state index in [1.165, 1.54) is 0 Å². The van der Waals surface area contributed by atoms with Crippen molar-refractivity contribution in [1.82, 2.24) is 0 Å². The molecule has 2 atom stereocenters. The van der Waals surface area contributed by atoms with E-state index in [-0.39, 0.29) is 12.5 Å². The van der Waals surface area contributed by atoms with Gasteiger partial charge in [0, 0.05) is 12.5 Å². The number of carbonyl (C=O) groups is 1. The van der Waals surface area contributed by atoms with Crippen molar-refractivity contribution < 1.29 is 15.0 Å². The molecule has 0 aromatic rings. The van der Waals surface area contributed by atoms with Gasteiger partial charge in [0.15, 0.2) is 0 Å². The molecule has 1 saturated carbocycles. The molecule has 1 aliphatic carbocycles. The number of nitrogens with two attached hydrogens (primary N) is 1. The van der Waals surface area contributed by atoms with Crippen molar-refractivity contribution in [2.45, 2.75) is 12.0 Å². The minimum atomic E-state index is -1.12. The Kier molecular flexibility index (Phi) is 1.22. The maximum atomic E-state index is 10.2. The van der Waals surface area contributed by atoms with Gasteiger partial charge in [-0.05, 0) is 6.42 Å². The van der Waals surface area contributed by atoms with Crippen LogP contribution in [-0.4, -0.2) is 28.3 Å². The highest BCUT2D eigenvalue weighted by Gasteiger charge is 2.57. The first-order chi connectivity index (χ1) is 4.11. The minimum absolute atomic E-state index is 0.122. The van der Waals surface area contributed by atoms with Crippen molar-refractivity contribution in [2.24, 2.45) is 11.7 Å². The summed E-state index contributed by atoms with van der Waals surface area (Å²) in [6.45, 7) is -0.122. The lowest BCUT2D eigenvalue weighted by Gasteiger charge is -2.00. The fourth-order valence-electron chi connectivity index (χ4n) is 0.838. The van der Waals surface area contributed by atoms with Gasteiger partial charge in [0.25, 0.3) is 0 Å². The average Bonchev–Trinajstić information content (AvgIpc) is 2.44. The number of carboxylic acids is 1. The third-order valence-electron chi connectivity index (χ3n) is 1.77. The van der Waals surface area contributed by atoms with Gasteiger partial charge in [0.1, 0.15) is 5.54 Å². The first-order valence-electron chi connectivity index (χ1n) is 2.74. The van der Waals surface area contributed by atoms with E-state index in [9.17, 15) is 4.79 Å². The fraction of sp³-hybridized carbons (Fsp3) is 0.800. The largest absolute Gasteiger partial charge is 0.480 e. The summed E-state index contributed by atoms with van der Waals surface area (Å²) >= 11 is 0. The number of carboxylic acid groups (broad SMARTS) is 1. The molecule has 0 bridgehead atoms. The van der Waals surface area contributed by atoms with E-state index in [0.717, 1.165) is 0 Å². The smallest absolute Gasteiger partial charge is 0.324 e. The van der Waals surface area contributed by atoms with Crippen LogP contribution in [0, 0.1) is 5.92 Å². The summed E-state index contributed by atoms with van der Waals surface area (Å²) in [5.74, 6) is -1.24. The Balaban J connectivity index is 2.52. The van der Waals surface area contributed by atoms with Gasteiger partial charge in [-0.15, -0.1) is 0 Å². The van der Waals surface area contributed by atoms with Crippen molar-refractivity contribution in [3.8, 4) is 0 Å². The number of hydrogen-bond donors (Lipinski definition) is 3. The number of aliphatic hydroxyl groups is 1. The molecule has 0 amide bonds. The van der Waals surface area contributed by atoms with Gasteiger partial charge in [-0.3, -0.25) is 4.79 Å². The van der Waals surface area contributed by atoms with Gasteiger partial charge in [0.05, 0.1) is 0 Å². The normalized spacial score (nSPS) is 40.4. The molecule has 0 spiro atoms. The zero-order valence-electron chi connectivity index (χ0n) is 4.87. The molecule has 52 valence electrons. The summed E-state index contributed by atoms with van der Waals surface area (Å²) in [5, 5.41) is 16.8. The predicted molar refractivity (Wildman–Crippen MR) is 29.7 cm³/mol. The zero-order chi connectivity index (χ0) is 7.07. The Hall–Kier alpha value is -0.610. The third-order valence-corrected chi connectivity index (χ3v) is 1.77. The van der Waals surface area contributed by atoms with Crippen LogP contribution in [-0.2, 0) is 4.79 Å². The van der Waals surface area contributed by atoms with Crippen LogP contribution in [0.15, 0.2) is 0 Å². The van der Waals surface area contributed by atoms with Crippen molar-refractivity contribution in [1.29, 1.82) is 0 Å². The highest BCUT2D eigenvalue weighted by atomic mass is 16.4. The van der Waals surface area contributed by atoms with Crippen LogP contribution in [0.3, 0.4) is 0 Å². The molecule has 9 heavy (non-hydrogen) atoms. The molecule has 4 heteroatoms. The number of aliphatic hydroxyl groups excluding tert-OH is 1. The molecule has 4 nitrogen and oxygen atoms in total. The van der Waals surface area contributed by atoms with E-state index in [4.69, 9.17) is 15.9 Å². The zero-order valence-corrected chi connectivity index (χ0v) is 4.87. The number of hydrogen-bond acceptors (Lipinski definition) is 3. The van der Waals surface area contributed by atoms with Gasteiger partial charge in [-0.2, -0.15) is 0 Å². The van der Waals surface area contributed by atoms with Crippen molar-refractivity contribution in [3.05, 3.63) is 0 Å². The minimum Gasteiger partial charge on any atom is -0.480 e. The highest BCUT2D eigenvalue weighted by molar-refractivity contribution is 5.82. The first kappa shape index (κ1) is 6.51. The summed E-state index contributed by atoms with van der Waals surface area (Å²) in [7, 11) is 0. The van der Waals surface area contributed by atoms with Crippen LogP contribution in [0.5, 0.6) is 0 Å². The Labute approximate surface area is 52.3 Å². The Bertz CT molecular complexity index is 147. The van der Waals surface area contributed by atoms with Crippen LogP contribution in [0.4, 0.5) is 0 Å². The van der Waals surface area contributed by atoms with Gasteiger partial charge in [-0.1, -0.05) is 0 Å². The molecule has 1 rings (SSSR count). The van der Waals surface area contributed by atoms with E-state index in [1.54, 1.807) is 0 Å². The van der Waals surface area contributed by atoms with Crippen LogP contribution in [0.2, 0.25) is 0 Å². The SMILES string of the molecule is NC1(C(=O)O)CC1CO. The first-order valence-corrected chi connectivity index (χ1v) is 2.74. The third kappa shape index (κ3) is 0.799. The summed E-state index contributed by atoms with van der Waals surface area (Å²) in [6.07, 6.45) is 0.402. The molecule has 0 aromatic carbocycles. The summed E-state index contributed by atoms with van der Waals surface area (Å²) < 4.78 is 0. The van der Waals surface area contributed by atoms with Crippen molar-refractivity contribution >= 4 is 5.97 Å². The van der Waals surface area contributed by atoms with Crippen molar-refractivity contribution in [2.75, 3.05) is 6.61 Å². The number of rotatable bonds is 2. The lowest BCUT2D eigenvalue weighted by atomic mass is 10.2. The summed E-state index contributed by atoms with van der Waals surface area (Å²) in [4.78, 5) is 10.2. The predicted octanol–water partition coefficient (Wildman–Crippen LogP) is -1.22. The molecule has 2 unspecified atom stereocenters. The van der Waals surface area contributed by atoms with E-state index in [2.05, 4.69) is 0 Å². The molecule has 0 saturated heterocycles. The number of aliphatic carboxylic acids is 1. The highest BCUT2D eigenvalue weighted by Crippen LogP contribution is 2.40. The topological polar surface area (TPSA) is 83.6 Å². The van der Waals surface area contributed by atoms with Gasteiger partial charge < -0.3 is 15.9 Å². The quantitative estimate of drug-likeness (QED) is 0.438. The van der Waals surface area contributed by atoms with Crippen LogP contribution in [0.25, 0.3) is 0 Å². The maximum Gasteiger partial charge on any atom is 0.324 e. The van der Waals surface area contributed by atoms with Gasteiger partial charge >= 0.3 is 5.97 Å². The molecule has 0 radical (unpaired) electrons. The molecule has 0 aromatic heterocycles. The Morgan fingerprint density at radius 1 is 1.89 bits per heavy atom. The summed E-state index contributed by atoms with van der Waals surface area (Å²) in [6, 6.07) is 0. The molecule has 4 N–H and O–H groups in total. The molecule has 1 fully saturated rings. The van der Waals surface area contributed by atoms with E-state index >= 15 is 0 Å². The lowest BCUT2D eigenvalue weighted by Crippen LogP contribution is -2.35. The second kappa shape index (κ2) is 1.68. The molecule has 0 aliphatic heterocycles. The molecular formula is C5H9NO3. The molecule has 1 aliphatic rings. The Morgan fingerprint density at radius 3 is 2.56 bits per heavy atom. The second-order valence-corrected chi connectivity index (χ2v) is 2.43.